The molecule has 1 amide bonds. The number of Topliss-reactive ketones (excluding diaryl/α,β-unsaturated/α-hetero) is 1. The summed E-state index contributed by atoms with van der Waals surface area (Å²) in [6.45, 7) is 4.00. The van der Waals surface area contributed by atoms with E-state index in [2.05, 4.69) is 60.8 Å². The monoisotopic (exact) mass is 488 g/mol. The van der Waals surface area contributed by atoms with Gasteiger partial charge >= 0.3 is 0 Å². The molecule has 35 heavy (non-hydrogen) atoms. The highest BCUT2D eigenvalue weighted by Crippen LogP contribution is 2.52. The number of hydrogen-bond acceptors (Lipinski definition) is 3. The standard InChI is InChI=1S/C30H32N2O2.ClH/c1-2-31-27-16-10-9-11-22(27)19-29(34)32-20-25-26(21-32)30(18-17-28(25)33,23-12-5-3-6-13-23)24-14-7-4-8-15-24;/h3-16,25-26,31H,2,17-21H2,1H3;1H. The van der Waals surface area contributed by atoms with Crippen LogP contribution < -0.4 is 5.32 Å². The minimum Gasteiger partial charge on any atom is -0.385 e. The summed E-state index contributed by atoms with van der Waals surface area (Å²) in [4.78, 5) is 28.6. The molecule has 0 spiro atoms. The third-order valence-corrected chi connectivity index (χ3v) is 7.79. The van der Waals surface area contributed by atoms with Crippen molar-refractivity contribution in [3.8, 4) is 0 Å². The van der Waals surface area contributed by atoms with E-state index in [1.807, 2.05) is 41.3 Å². The number of nitrogens with one attached hydrogen (secondary N) is 1. The van der Waals surface area contributed by atoms with Crippen molar-refractivity contribution in [2.24, 2.45) is 11.8 Å². The number of para-hydroxylation sites is 1. The highest BCUT2D eigenvalue weighted by Gasteiger charge is 2.55. The van der Waals surface area contributed by atoms with Gasteiger partial charge in [-0.15, -0.1) is 12.4 Å². The number of likely N-dealkylation sites (tertiary alicyclic amines) is 1. The van der Waals surface area contributed by atoms with Gasteiger partial charge in [0.1, 0.15) is 5.78 Å². The Bertz CT molecular complexity index is 1130. The van der Waals surface area contributed by atoms with Gasteiger partial charge in [0, 0.05) is 49.0 Å². The summed E-state index contributed by atoms with van der Waals surface area (Å²) in [7, 11) is 0. The average Bonchev–Trinajstić information content (AvgIpc) is 3.34. The molecule has 1 saturated carbocycles. The zero-order chi connectivity index (χ0) is 23.5. The summed E-state index contributed by atoms with van der Waals surface area (Å²) in [5.74, 6) is 0.354. The molecule has 0 bridgehead atoms. The molecule has 2 atom stereocenters. The second-order valence-corrected chi connectivity index (χ2v) is 9.55. The Morgan fingerprint density at radius 3 is 2.14 bits per heavy atom. The minimum absolute atomic E-state index is 0. The molecule has 2 unspecified atom stereocenters. The van der Waals surface area contributed by atoms with E-state index in [-0.39, 0.29) is 35.6 Å². The molecule has 1 saturated heterocycles. The van der Waals surface area contributed by atoms with Crippen molar-refractivity contribution in [2.45, 2.75) is 31.6 Å². The summed E-state index contributed by atoms with van der Waals surface area (Å²) in [6, 6.07) is 29.2. The number of carbonyl (C=O) groups excluding carboxylic acids is 2. The first-order valence-electron chi connectivity index (χ1n) is 12.4. The lowest BCUT2D eigenvalue weighted by atomic mass is 9.56. The number of amides is 1. The quantitative estimate of drug-likeness (QED) is 0.498. The number of fused-ring (bicyclic) bond motifs is 1. The first-order chi connectivity index (χ1) is 16.6. The van der Waals surface area contributed by atoms with Gasteiger partial charge in [0.15, 0.2) is 0 Å². The van der Waals surface area contributed by atoms with Crippen LogP contribution in [0.2, 0.25) is 0 Å². The van der Waals surface area contributed by atoms with E-state index < -0.39 is 0 Å². The summed E-state index contributed by atoms with van der Waals surface area (Å²) in [6.07, 6.45) is 1.68. The van der Waals surface area contributed by atoms with Crippen molar-refractivity contribution in [3.05, 3.63) is 102 Å². The van der Waals surface area contributed by atoms with Crippen LogP contribution in [0.3, 0.4) is 0 Å². The van der Waals surface area contributed by atoms with Gasteiger partial charge in [0.25, 0.3) is 0 Å². The molecule has 2 fully saturated rings. The predicted molar refractivity (Wildman–Crippen MR) is 143 cm³/mol. The highest BCUT2D eigenvalue weighted by molar-refractivity contribution is 5.87. The molecule has 2 aliphatic rings. The molecule has 1 aliphatic carbocycles. The zero-order valence-electron chi connectivity index (χ0n) is 20.2. The molecule has 3 aromatic carbocycles. The molecule has 5 heteroatoms. The van der Waals surface area contributed by atoms with E-state index >= 15 is 0 Å². The number of benzene rings is 3. The maximum absolute atomic E-state index is 13.5. The van der Waals surface area contributed by atoms with Crippen molar-refractivity contribution in [2.75, 3.05) is 25.0 Å². The summed E-state index contributed by atoms with van der Waals surface area (Å²) >= 11 is 0. The fraction of sp³-hybridized carbons (Fsp3) is 0.333. The van der Waals surface area contributed by atoms with E-state index in [1.54, 1.807) is 0 Å². The second kappa shape index (κ2) is 10.7. The van der Waals surface area contributed by atoms with Gasteiger partial charge in [-0.05, 0) is 36.1 Å². The normalized spacial score (nSPS) is 20.6. The lowest BCUT2D eigenvalue weighted by molar-refractivity contribution is -0.129. The van der Waals surface area contributed by atoms with Crippen LogP contribution in [0, 0.1) is 11.8 Å². The maximum atomic E-state index is 13.5. The van der Waals surface area contributed by atoms with Crippen LogP contribution in [-0.4, -0.2) is 36.2 Å². The van der Waals surface area contributed by atoms with Crippen LogP contribution in [0.4, 0.5) is 5.69 Å². The van der Waals surface area contributed by atoms with E-state index in [1.165, 1.54) is 11.1 Å². The summed E-state index contributed by atoms with van der Waals surface area (Å²) in [5.41, 5.74) is 4.24. The van der Waals surface area contributed by atoms with Crippen molar-refractivity contribution in [1.29, 1.82) is 0 Å². The molecule has 1 aliphatic heterocycles. The molecular formula is C30H33ClN2O2. The first kappa shape index (κ1) is 25.0. The Hall–Kier alpha value is -3.11. The van der Waals surface area contributed by atoms with Crippen LogP contribution in [0.15, 0.2) is 84.9 Å². The Labute approximate surface area is 214 Å². The van der Waals surface area contributed by atoms with E-state index in [0.717, 1.165) is 24.2 Å². The first-order valence-corrected chi connectivity index (χ1v) is 12.4. The number of nitrogens with zero attached hydrogens (tertiary/aromatic N) is 1. The second-order valence-electron chi connectivity index (χ2n) is 9.55. The van der Waals surface area contributed by atoms with Crippen LogP contribution >= 0.6 is 12.4 Å². The largest absolute Gasteiger partial charge is 0.385 e. The molecule has 1 heterocycles. The fourth-order valence-corrected chi connectivity index (χ4v) is 6.19. The van der Waals surface area contributed by atoms with Gasteiger partial charge in [-0.25, -0.2) is 0 Å². The van der Waals surface area contributed by atoms with Crippen molar-refractivity contribution >= 4 is 29.8 Å². The Morgan fingerprint density at radius 1 is 0.914 bits per heavy atom. The number of carbonyl (C=O) groups is 2. The molecular weight excluding hydrogens is 456 g/mol. The molecule has 0 radical (unpaired) electrons. The Morgan fingerprint density at radius 2 is 1.51 bits per heavy atom. The number of halogens is 1. The van der Waals surface area contributed by atoms with Gasteiger partial charge in [0.2, 0.25) is 5.91 Å². The molecule has 182 valence electrons. The van der Waals surface area contributed by atoms with E-state index in [4.69, 9.17) is 0 Å². The lowest BCUT2D eigenvalue weighted by Crippen LogP contribution is -2.47. The van der Waals surface area contributed by atoms with E-state index in [9.17, 15) is 9.59 Å². The van der Waals surface area contributed by atoms with Crippen LogP contribution in [0.25, 0.3) is 0 Å². The topological polar surface area (TPSA) is 49.4 Å². The van der Waals surface area contributed by atoms with Crippen LogP contribution in [-0.2, 0) is 21.4 Å². The third-order valence-electron chi connectivity index (χ3n) is 7.79. The van der Waals surface area contributed by atoms with Gasteiger partial charge < -0.3 is 10.2 Å². The summed E-state index contributed by atoms with van der Waals surface area (Å²) in [5, 5.41) is 3.36. The van der Waals surface area contributed by atoms with Crippen LogP contribution in [0.1, 0.15) is 36.5 Å². The number of anilines is 1. The van der Waals surface area contributed by atoms with Gasteiger partial charge in [-0.1, -0.05) is 78.9 Å². The van der Waals surface area contributed by atoms with Gasteiger partial charge in [-0.2, -0.15) is 0 Å². The SMILES string of the molecule is CCNc1ccccc1CC(=O)N1CC2C(=O)CCC(c3ccccc3)(c3ccccc3)C2C1.Cl. The maximum Gasteiger partial charge on any atom is 0.227 e. The smallest absolute Gasteiger partial charge is 0.227 e. The molecule has 5 rings (SSSR count). The number of hydrogen-bond donors (Lipinski definition) is 1. The third kappa shape index (κ3) is 4.60. The Balaban J connectivity index is 0.00000289. The van der Waals surface area contributed by atoms with Crippen molar-refractivity contribution in [1.82, 2.24) is 4.90 Å². The average molecular weight is 489 g/mol. The molecule has 0 aromatic heterocycles. The highest BCUT2D eigenvalue weighted by atomic mass is 35.5. The fourth-order valence-electron chi connectivity index (χ4n) is 6.19. The summed E-state index contributed by atoms with van der Waals surface area (Å²) < 4.78 is 0. The minimum atomic E-state index is -0.266. The Kier molecular flexibility index (Phi) is 7.61. The van der Waals surface area contributed by atoms with Crippen LogP contribution in [0.5, 0.6) is 0 Å². The van der Waals surface area contributed by atoms with E-state index in [0.29, 0.717) is 31.7 Å². The molecule has 1 N–H and O–H groups in total. The molecule has 4 nitrogen and oxygen atoms in total. The number of rotatable bonds is 6. The predicted octanol–water partition coefficient (Wildman–Crippen LogP) is 5.51. The van der Waals surface area contributed by atoms with Crippen molar-refractivity contribution < 1.29 is 9.59 Å². The van der Waals surface area contributed by atoms with Gasteiger partial charge in [-0.3, -0.25) is 9.59 Å². The van der Waals surface area contributed by atoms with Crippen molar-refractivity contribution in [3.63, 3.8) is 0 Å². The number of ketones is 1. The lowest BCUT2D eigenvalue weighted by Gasteiger charge is -2.45. The van der Waals surface area contributed by atoms with Gasteiger partial charge in [0.05, 0.1) is 6.42 Å². The molecule has 3 aromatic rings. The zero-order valence-corrected chi connectivity index (χ0v) is 21.0.